The van der Waals surface area contributed by atoms with Crippen LogP contribution in [0.25, 0.3) is 0 Å². The Morgan fingerprint density at radius 1 is 0.758 bits per heavy atom. The maximum atomic E-state index is 15.6. The maximum Gasteiger partial charge on any atom is 0.126 e. The number of aliphatic hydroxyl groups is 2. The lowest BCUT2D eigenvalue weighted by Gasteiger charge is -2.59. The van der Waals surface area contributed by atoms with Crippen LogP contribution in [0.2, 0.25) is 10.0 Å². The van der Waals surface area contributed by atoms with E-state index >= 15 is 8.78 Å². The van der Waals surface area contributed by atoms with Crippen molar-refractivity contribution < 1.29 is 27.8 Å². The highest BCUT2D eigenvalue weighted by molar-refractivity contribution is 6.30. The molecule has 62 heavy (non-hydrogen) atoms. The van der Waals surface area contributed by atoms with Gasteiger partial charge in [0.25, 0.3) is 0 Å². The summed E-state index contributed by atoms with van der Waals surface area (Å²) in [6, 6.07) is 29.1. The largest absolute Gasteiger partial charge is 0.390 e. The van der Waals surface area contributed by atoms with Crippen molar-refractivity contribution in [3.05, 3.63) is 175 Å². The highest BCUT2D eigenvalue weighted by atomic mass is 35.5. The second-order valence-corrected chi connectivity index (χ2v) is 19.1. The van der Waals surface area contributed by atoms with Crippen LogP contribution in [0.3, 0.4) is 0 Å². The van der Waals surface area contributed by atoms with Crippen LogP contribution in [0, 0.1) is 46.4 Å². The lowest BCUT2D eigenvalue weighted by atomic mass is 9.53. The number of unbranched alkanes of at least 4 members (excludes halogenated alkanes) is 1. The molecule has 2 heterocycles. The van der Waals surface area contributed by atoms with Gasteiger partial charge in [0.05, 0.1) is 28.2 Å². The summed E-state index contributed by atoms with van der Waals surface area (Å²) in [7, 11) is 0. The van der Waals surface area contributed by atoms with Crippen molar-refractivity contribution in [3.8, 4) is 6.07 Å². The molecule has 0 spiro atoms. The Hall–Kier alpha value is -4.27. The Morgan fingerprint density at radius 3 is 1.85 bits per heavy atom. The monoisotopic (exact) mass is 885 g/mol. The fourth-order valence-electron chi connectivity index (χ4n) is 10.8. The van der Waals surface area contributed by atoms with Crippen molar-refractivity contribution in [2.45, 2.75) is 95.0 Å². The van der Waals surface area contributed by atoms with E-state index in [0.717, 1.165) is 42.5 Å². The van der Waals surface area contributed by atoms with Gasteiger partial charge in [-0.2, -0.15) is 5.26 Å². The van der Waals surface area contributed by atoms with E-state index in [9.17, 15) is 24.3 Å². The van der Waals surface area contributed by atoms with Gasteiger partial charge in [0.2, 0.25) is 0 Å². The van der Waals surface area contributed by atoms with Crippen LogP contribution >= 0.6 is 23.2 Å². The molecule has 2 saturated heterocycles. The number of likely N-dealkylation sites (tertiary alicyclic amines) is 2. The molecule has 0 bridgehead atoms. The first-order valence-corrected chi connectivity index (χ1v) is 22.0. The number of nitrogens with zero attached hydrogens (tertiary/aromatic N) is 3. The molecule has 326 valence electrons. The third-order valence-corrected chi connectivity index (χ3v) is 13.8. The number of hydrogen-bond donors (Lipinski definition) is 2. The zero-order chi connectivity index (χ0) is 44.7. The Kier molecular flexibility index (Phi) is 13.3. The van der Waals surface area contributed by atoms with Gasteiger partial charge in [-0.3, -0.25) is 9.80 Å². The summed E-state index contributed by atoms with van der Waals surface area (Å²) in [4.78, 5) is 4.50. The second kappa shape index (κ2) is 18.1. The molecule has 11 heteroatoms. The van der Waals surface area contributed by atoms with Crippen molar-refractivity contribution in [1.82, 2.24) is 9.80 Å². The lowest BCUT2D eigenvalue weighted by molar-refractivity contribution is -0.0792. The molecule has 2 aliphatic heterocycles. The van der Waals surface area contributed by atoms with E-state index in [1.807, 2.05) is 42.5 Å². The quantitative estimate of drug-likeness (QED) is 0.103. The van der Waals surface area contributed by atoms with Crippen LogP contribution < -0.4 is 0 Å². The minimum atomic E-state index is -1.68. The van der Waals surface area contributed by atoms with Crippen LogP contribution in [0.1, 0.15) is 111 Å². The van der Waals surface area contributed by atoms with Crippen LogP contribution in [-0.4, -0.2) is 50.8 Å². The van der Waals surface area contributed by atoms with E-state index in [4.69, 9.17) is 23.2 Å². The third kappa shape index (κ3) is 8.93. The van der Waals surface area contributed by atoms with Crippen molar-refractivity contribution in [3.63, 3.8) is 0 Å². The molecule has 0 saturated carbocycles. The normalized spacial score (nSPS) is 19.5. The molecule has 2 N–H and O–H groups in total. The summed E-state index contributed by atoms with van der Waals surface area (Å²) in [6.45, 7) is 10.2. The molecule has 5 aromatic rings. The minimum Gasteiger partial charge on any atom is -0.390 e. The van der Waals surface area contributed by atoms with Gasteiger partial charge in [-0.25, -0.2) is 17.6 Å². The zero-order valence-corrected chi connectivity index (χ0v) is 37.2. The van der Waals surface area contributed by atoms with Gasteiger partial charge < -0.3 is 10.2 Å². The molecule has 0 aliphatic carbocycles. The van der Waals surface area contributed by atoms with Crippen molar-refractivity contribution in [2.75, 3.05) is 19.6 Å². The first kappa shape index (κ1) is 45.7. The fraction of sp³-hybridized carbons (Fsp3) is 0.392. The summed E-state index contributed by atoms with van der Waals surface area (Å²) in [5.41, 5.74) is -0.677. The van der Waals surface area contributed by atoms with E-state index in [1.54, 1.807) is 52.0 Å². The smallest absolute Gasteiger partial charge is 0.126 e. The summed E-state index contributed by atoms with van der Waals surface area (Å²) in [6.07, 6.45) is 2.82. The second-order valence-electron chi connectivity index (χ2n) is 18.3. The Morgan fingerprint density at radius 2 is 1.32 bits per heavy atom. The fourth-order valence-corrected chi connectivity index (χ4v) is 11.1. The predicted octanol–water partition coefficient (Wildman–Crippen LogP) is 12.1. The number of nitriles is 1. The van der Waals surface area contributed by atoms with E-state index < -0.39 is 57.8 Å². The Bertz CT molecular complexity index is 2380. The minimum absolute atomic E-state index is 0.0198. The first-order valence-electron chi connectivity index (χ1n) is 21.2. The summed E-state index contributed by atoms with van der Waals surface area (Å²) >= 11 is 12.7. The molecule has 0 radical (unpaired) electrons. The van der Waals surface area contributed by atoms with Gasteiger partial charge in [0.1, 0.15) is 23.3 Å². The molecule has 0 aromatic heterocycles. The van der Waals surface area contributed by atoms with Crippen LogP contribution in [-0.2, 0) is 12.0 Å². The van der Waals surface area contributed by atoms with Gasteiger partial charge in [-0.05, 0) is 122 Å². The van der Waals surface area contributed by atoms with Gasteiger partial charge in [0.15, 0.2) is 0 Å². The highest BCUT2D eigenvalue weighted by Crippen LogP contribution is 2.56. The standard InChI is InChI=1S/C51H53Cl2F4N3O2/c1-6-7-11-45(31-12-16-38(52)17-13-31)59-28-37(29-59)51(50(4,5)62,36-22-42(56)25-43(57)23-36)46-33(26-58)9-8-10-34(46)27-60-30-44(48(60)32-14-18-39(53)19-15-32)47(49(2,3)61)35-20-40(54)24-41(55)21-35/h8-10,12-25,37,44-45,47-48,61-62H,6-7,11,27-30H2,1-5H3/t44-,45?,47-,48-,51?/m1/s1. The van der Waals surface area contributed by atoms with Gasteiger partial charge in [0, 0.05) is 78.2 Å². The molecule has 7 rings (SSSR count). The predicted molar refractivity (Wildman–Crippen MR) is 237 cm³/mol. The molecular weight excluding hydrogens is 833 g/mol. The average molecular weight is 887 g/mol. The Balaban J connectivity index is 1.37. The van der Waals surface area contributed by atoms with Crippen molar-refractivity contribution in [2.24, 2.45) is 11.8 Å². The molecule has 0 amide bonds. The van der Waals surface area contributed by atoms with Crippen LogP contribution in [0.15, 0.2) is 103 Å². The van der Waals surface area contributed by atoms with Crippen molar-refractivity contribution >= 4 is 23.2 Å². The lowest BCUT2D eigenvalue weighted by Crippen LogP contribution is -2.65. The molecule has 2 fully saturated rings. The number of benzene rings is 5. The van der Waals surface area contributed by atoms with Crippen LogP contribution in [0.5, 0.6) is 0 Å². The number of rotatable bonds is 15. The SMILES string of the molecule is CCCCC(c1ccc(Cl)cc1)N1CC(C(c2cc(F)cc(F)c2)(c2c(C#N)cccc2CN2C[C@H]([C@@H](c3cc(F)cc(F)c3)C(C)(C)O)[C@H]2c2ccc(Cl)cc2)C(C)(C)O)C1. The average Bonchev–Trinajstić information content (AvgIpc) is 3.16. The maximum absolute atomic E-state index is 15.6. The number of halogens is 6. The molecule has 2 unspecified atom stereocenters. The third-order valence-electron chi connectivity index (χ3n) is 13.3. The van der Waals surface area contributed by atoms with E-state index in [2.05, 4.69) is 22.8 Å². The van der Waals surface area contributed by atoms with Gasteiger partial charge in [-0.15, -0.1) is 0 Å². The summed E-state index contributed by atoms with van der Waals surface area (Å²) in [5, 5.41) is 36.5. The molecule has 5 nitrogen and oxygen atoms in total. The highest BCUT2D eigenvalue weighted by Gasteiger charge is 2.59. The first-order chi connectivity index (χ1) is 29.3. The Labute approximate surface area is 372 Å². The molecular formula is C51H53Cl2F4N3O2. The molecule has 5 aromatic carbocycles. The molecule has 5 atom stereocenters. The van der Waals surface area contributed by atoms with Gasteiger partial charge in [-0.1, -0.05) is 79.4 Å². The van der Waals surface area contributed by atoms with Crippen LogP contribution in [0.4, 0.5) is 17.6 Å². The topological polar surface area (TPSA) is 70.7 Å². The van der Waals surface area contributed by atoms with E-state index in [0.29, 0.717) is 46.4 Å². The summed E-state index contributed by atoms with van der Waals surface area (Å²) in [5.74, 6) is -4.56. The van der Waals surface area contributed by atoms with E-state index in [-0.39, 0.29) is 29.6 Å². The zero-order valence-electron chi connectivity index (χ0n) is 35.7. The molecule has 2 aliphatic rings. The van der Waals surface area contributed by atoms with Crippen molar-refractivity contribution in [1.29, 1.82) is 5.26 Å². The summed E-state index contributed by atoms with van der Waals surface area (Å²) < 4.78 is 60.7. The number of hydrogen-bond acceptors (Lipinski definition) is 5. The van der Waals surface area contributed by atoms with E-state index in [1.165, 1.54) is 24.3 Å². The van der Waals surface area contributed by atoms with Gasteiger partial charge >= 0.3 is 0 Å².